The first-order valence-electron chi connectivity index (χ1n) is 5.70. The van der Waals surface area contributed by atoms with Gasteiger partial charge in [-0.15, -0.1) is 6.58 Å². The summed E-state index contributed by atoms with van der Waals surface area (Å²) in [5.41, 5.74) is -0.873. The van der Waals surface area contributed by atoms with Gasteiger partial charge in [0, 0.05) is 6.61 Å². The Hall–Kier alpha value is -0.380. The Morgan fingerprint density at radius 1 is 1.27 bits per heavy atom. The molecular weight excluding hydrogens is 192 g/mol. The summed E-state index contributed by atoms with van der Waals surface area (Å²) in [4.78, 5) is 0. The van der Waals surface area contributed by atoms with E-state index in [2.05, 4.69) is 13.5 Å². The second-order valence-electron chi connectivity index (χ2n) is 3.66. The molecule has 90 valence electrons. The van der Waals surface area contributed by atoms with Crippen LogP contribution in [0.5, 0.6) is 0 Å². The van der Waals surface area contributed by atoms with Gasteiger partial charge in [0.2, 0.25) is 0 Å². The highest BCUT2D eigenvalue weighted by atomic mass is 16.5. The molecule has 0 aromatic heterocycles. The van der Waals surface area contributed by atoms with E-state index >= 15 is 0 Å². The lowest BCUT2D eigenvalue weighted by atomic mass is 9.98. The van der Waals surface area contributed by atoms with Crippen LogP contribution in [-0.4, -0.2) is 37.1 Å². The van der Waals surface area contributed by atoms with Gasteiger partial charge in [-0.1, -0.05) is 25.8 Å². The summed E-state index contributed by atoms with van der Waals surface area (Å²) < 4.78 is 10.5. The van der Waals surface area contributed by atoms with Gasteiger partial charge in [0.05, 0.1) is 19.8 Å². The Morgan fingerprint density at radius 2 is 1.93 bits per heavy atom. The van der Waals surface area contributed by atoms with E-state index in [0.717, 1.165) is 12.8 Å². The second-order valence-corrected chi connectivity index (χ2v) is 3.66. The lowest BCUT2D eigenvalue weighted by Crippen LogP contribution is -2.32. The smallest absolute Gasteiger partial charge is 0.106 e. The van der Waals surface area contributed by atoms with E-state index in [9.17, 15) is 5.11 Å². The fourth-order valence-corrected chi connectivity index (χ4v) is 1.23. The molecule has 3 heteroatoms. The molecule has 0 radical (unpaired) electrons. The topological polar surface area (TPSA) is 38.7 Å². The van der Waals surface area contributed by atoms with Gasteiger partial charge in [-0.05, 0) is 13.3 Å². The van der Waals surface area contributed by atoms with Crippen molar-refractivity contribution < 1.29 is 14.6 Å². The molecule has 0 bridgehead atoms. The average Bonchev–Trinajstić information content (AvgIpc) is 2.26. The van der Waals surface area contributed by atoms with Crippen LogP contribution in [0.1, 0.15) is 33.1 Å². The molecule has 0 aromatic carbocycles. The predicted octanol–water partition coefficient (Wildman–Crippen LogP) is 2.15. The van der Waals surface area contributed by atoms with Crippen LogP contribution in [0.25, 0.3) is 0 Å². The first-order chi connectivity index (χ1) is 7.18. The molecule has 15 heavy (non-hydrogen) atoms. The first-order valence-corrected chi connectivity index (χ1v) is 5.70. The standard InChI is InChI=1S/C12H24O3/c1-4-7-8-12(13,5-2)11-15-10-9-14-6-3/h5,13H,2,4,6-11H2,1,3H3. The monoisotopic (exact) mass is 216 g/mol. The van der Waals surface area contributed by atoms with E-state index in [1.165, 1.54) is 0 Å². The van der Waals surface area contributed by atoms with Crippen LogP contribution in [0.15, 0.2) is 12.7 Å². The van der Waals surface area contributed by atoms with Crippen molar-refractivity contribution in [2.45, 2.75) is 38.7 Å². The number of rotatable bonds is 10. The fourth-order valence-electron chi connectivity index (χ4n) is 1.23. The zero-order valence-corrected chi connectivity index (χ0v) is 10.00. The summed E-state index contributed by atoms with van der Waals surface area (Å²) in [5, 5.41) is 10.0. The van der Waals surface area contributed by atoms with Crippen molar-refractivity contribution in [1.29, 1.82) is 0 Å². The third kappa shape index (κ3) is 7.54. The van der Waals surface area contributed by atoms with E-state index in [-0.39, 0.29) is 0 Å². The molecule has 0 aliphatic rings. The molecule has 1 atom stereocenters. The van der Waals surface area contributed by atoms with Gasteiger partial charge < -0.3 is 14.6 Å². The molecule has 0 saturated carbocycles. The molecule has 0 heterocycles. The van der Waals surface area contributed by atoms with Crippen molar-refractivity contribution in [3.8, 4) is 0 Å². The maximum Gasteiger partial charge on any atom is 0.106 e. The average molecular weight is 216 g/mol. The number of hydrogen-bond donors (Lipinski definition) is 1. The third-order valence-corrected chi connectivity index (χ3v) is 2.27. The normalized spacial score (nSPS) is 14.9. The number of unbranched alkanes of at least 4 members (excludes halogenated alkanes) is 1. The molecule has 0 aliphatic heterocycles. The minimum Gasteiger partial charge on any atom is -0.383 e. The summed E-state index contributed by atoms with van der Waals surface area (Å²) >= 11 is 0. The molecule has 0 rings (SSSR count). The van der Waals surface area contributed by atoms with Crippen LogP contribution in [0.2, 0.25) is 0 Å². The fraction of sp³-hybridized carbons (Fsp3) is 0.833. The summed E-state index contributed by atoms with van der Waals surface area (Å²) in [6, 6.07) is 0. The molecule has 0 amide bonds. The van der Waals surface area contributed by atoms with E-state index < -0.39 is 5.60 Å². The lowest BCUT2D eigenvalue weighted by Gasteiger charge is -2.23. The van der Waals surface area contributed by atoms with Gasteiger partial charge >= 0.3 is 0 Å². The van der Waals surface area contributed by atoms with Crippen LogP contribution >= 0.6 is 0 Å². The maximum absolute atomic E-state index is 10.0. The second kappa shape index (κ2) is 8.89. The van der Waals surface area contributed by atoms with Gasteiger partial charge in [0.25, 0.3) is 0 Å². The Kier molecular flexibility index (Phi) is 8.67. The van der Waals surface area contributed by atoms with Crippen molar-refractivity contribution in [1.82, 2.24) is 0 Å². The molecular formula is C12H24O3. The van der Waals surface area contributed by atoms with Crippen LogP contribution in [0.4, 0.5) is 0 Å². The van der Waals surface area contributed by atoms with Crippen LogP contribution < -0.4 is 0 Å². The quantitative estimate of drug-likeness (QED) is 0.449. The molecule has 0 fully saturated rings. The molecule has 0 saturated heterocycles. The third-order valence-electron chi connectivity index (χ3n) is 2.27. The van der Waals surface area contributed by atoms with Gasteiger partial charge in [-0.3, -0.25) is 0 Å². The molecule has 1 N–H and O–H groups in total. The first kappa shape index (κ1) is 14.6. The predicted molar refractivity (Wildman–Crippen MR) is 62.0 cm³/mol. The zero-order valence-electron chi connectivity index (χ0n) is 10.00. The van der Waals surface area contributed by atoms with Crippen molar-refractivity contribution >= 4 is 0 Å². The SMILES string of the molecule is C=CC(O)(CCCC)COCCOCC. The highest BCUT2D eigenvalue weighted by Gasteiger charge is 2.21. The largest absolute Gasteiger partial charge is 0.383 e. The minimum atomic E-state index is -0.873. The summed E-state index contributed by atoms with van der Waals surface area (Å²) in [6.07, 6.45) is 4.33. The Labute approximate surface area is 93.1 Å². The summed E-state index contributed by atoms with van der Waals surface area (Å²) in [5.74, 6) is 0. The van der Waals surface area contributed by atoms with E-state index in [1.54, 1.807) is 6.08 Å². The van der Waals surface area contributed by atoms with E-state index in [4.69, 9.17) is 9.47 Å². The van der Waals surface area contributed by atoms with Gasteiger partial charge in [-0.2, -0.15) is 0 Å². The van der Waals surface area contributed by atoms with Gasteiger partial charge in [0.15, 0.2) is 0 Å². The van der Waals surface area contributed by atoms with Crippen LogP contribution in [-0.2, 0) is 9.47 Å². The summed E-state index contributed by atoms with van der Waals surface area (Å²) in [7, 11) is 0. The van der Waals surface area contributed by atoms with Gasteiger partial charge in [0.1, 0.15) is 5.60 Å². The van der Waals surface area contributed by atoms with Crippen molar-refractivity contribution in [3.05, 3.63) is 12.7 Å². The Balaban J connectivity index is 3.63. The summed E-state index contributed by atoms with van der Waals surface area (Å²) in [6.45, 7) is 9.80. The van der Waals surface area contributed by atoms with Crippen molar-refractivity contribution in [2.24, 2.45) is 0 Å². The zero-order chi connectivity index (χ0) is 11.6. The lowest BCUT2D eigenvalue weighted by molar-refractivity contribution is -0.0350. The number of ether oxygens (including phenoxy) is 2. The van der Waals surface area contributed by atoms with Crippen molar-refractivity contribution in [3.63, 3.8) is 0 Å². The molecule has 3 nitrogen and oxygen atoms in total. The van der Waals surface area contributed by atoms with E-state index in [1.807, 2.05) is 6.92 Å². The molecule has 0 aromatic rings. The number of aliphatic hydroxyl groups is 1. The molecule has 1 unspecified atom stereocenters. The van der Waals surface area contributed by atoms with Crippen molar-refractivity contribution in [2.75, 3.05) is 26.4 Å². The highest BCUT2D eigenvalue weighted by Crippen LogP contribution is 2.15. The Morgan fingerprint density at radius 3 is 2.47 bits per heavy atom. The molecule has 0 spiro atoms. The maximum atomic E-state index is 10.0. The Bertz CT molecular complexity index is 159. The van der Waals surface area contributed by atoms with Gasteiger partial charge in [-0.25, -0.2) is 0 Å². The molecule has 0 aliphatic carbocycles. The van der Waals surface area contributed by atoms with Crippen LogP contribution in [0, 0.1) is 0 Å². The number of hydrogen-bond acceptors (Lipinski definition) is 3. The highest BCUT2D eigenvalue weighted by molar-refractivity contribution is 4.95. The van der Waals surface area contributed by atoms with E-state index in [0.29, 0.717) is 32.8 Å². The minimum absolute atomic E-state index is 0.309. The van der Waals surface area contributed by atoms with Crippen LogP contribution in [0.3, 0.4) is 0 Å².